The van der Waals surface area contributed by atoms with E-state index in [0.717, 1.165) is 15.8 Å². The Balaban J connectivity index is 1.35. The van der Waals surface area contributed by atoms with Gasteiger partial charge in [0.25, 0.3) is 5.91 Å². The summed E-state index contributed by atoms with van der Waals surface area (Å²) < 4.78 is 6.72. The molecule has 30 heavy (non-hydrogen) atoms. The molecular formula is C23H19N3O3S. The normalized spacial score (nSPS) is 13.4. The van der Waals surface area contributed by atoms with Gasteiger partial charge in [0.1, 0.15) is 12.4 Å². The summed E-state index contributed by atoms with van der Waals surface area (Å²) in [5, 5.41) is 14.9. The van der Waals surface area contributed by atoms with E-state index in [4.69, 9.17) is 9.84 Å². The number of aliphatic hydroxyl groups excluding tert-OH is 1. The first kappa shape index (κ1) is 18.7. The van der Waals surface area contributed by atoms with Gasteiger partial charge in [-0.25, -0.2) is 4.98 Å². The number of nitrogens with one attached hydrogen (secondary N) is 1. The minimum absolute atomic E-state index is 0.119. The molecule has 6 nitrogen and oxygen atoms in total. The molecule has 1 aliphatic carbocycles. The molecule has 7 heteroatoms. The molecule has 1 aliphatic rings. The first-order valence-electron chi connectivity index (χ1n) is 9.73. The quantitative estimate of drug-likeness (QED) is 0.456. The number of benzene rings is 2. The van der Waals surface area contributed by atoms with Crippen molar-refractivity contribution in [3.05, 3.63) is 77.1 Å². The summed E-state index contributed by atoms with van der Waals surface area (Å²) in [7, 11) is 0. The highest BCUT2D eigenvalue weighted by atomic mass is 32.1. The molecule has 0 atom stereocenters. The van der Waals surface area contributed by atoms with Gasteiger partial charge >= 0.3 is 0 Å². The molecule has 1 amide bonds. The van der Waals surface area contributed by atoms with E-state index in [0.29, 0.717) is 28.9 Å². The van der Waals surface area contributed by atoms with Crippen LogP contribution in [-0.4, -0.2) is 21.0 Å². The van der Waals surface area contributed by atoms with E-state index in [9.17, 15) is 4.79 Å². The van der Waals surface area contributed by atoms with Crippen molar-refractivity contribution in [2.24, 2.45) is 0 Å². The monoisotopic (exact) mass is 417 g/mol. The highest BCUT2D eigenvalue weighted by molar-refractivity contribution is 7.17. The van der Waals surface area contributed by atoms with Crippen LogP contribution < -0.4 is 10.1 Å². The highest BCUT2D eigenvalue weighted by Crippen LogP contribution is 2.40. The summed E-state index contributed by atoms with van der Waals surface area (Å²) in [5.74, 6) is 1.79. The van der Waals surface area contributed by atoms with Crippen LogP contribution in [0.15, 0.2) is 60.1 Å². The first-order valence-corrected chi connectivity index (χ1v) is 10.6. The van der Waals surface area contributed by atoms with Crippen LogP contribution in [0.5, 0.6) is 11.6 Å². The number of thiophene rings is 1. The number of carbonyl (C=O) groups is 1. The largest absolute Gasteiger partial charge is 0.439 e. The molecule has 2 aromatic heterocycles. The minimum Gasteiger partial charge on any atom is -0.439 e. The second-order valence-corrected chi connectivity index (χ2v) is 8.14. The Hall–Kier alpha value is -3.29. The lowest BCUT2D eigenvalue weighted by Crippen LogP contribution is -2.11. The SMILES string of the molecule is O=C(Nc1cccc(C2CC2)c1)c1csc2cc(Oc3ccnc(CO)n3)ccc12. The molecule has 150 valence electrons. The second kappa shape index (κ2) is 7.85. The van der Waals surface area contributed by atoms with Gasteiger partial charge in [0.05, 0.1) is 5.56 Å². The Kier molecular flexibility index (Phi) is 4.90. The predicted molar refractivity (Wildman–Crippen MR) is 116 cm³/mol. The third-order valence-corrected chi connectivity index (χ3v) is 5.97. The fourth-order valence-electron chi connectivity index (χ4n) is 3.37. The maximum absolute atomic E-state index is 12.9. The van der Waals surface area contributed by atoms with Gasteiger partial charge in [-0.15, -0.1) is 11.3 Å². The Labute approximate surface area is 177 Å². The van der Waals surface area contributed by atoms with Crippen molar-refractivity contribution in [3.63, 3.8) is 0 Å². The number of amides is 1. The average molecular weight is 417 g/mol. The number of ether oxygens (including phenoxy) is 1. The fraction of sp³-hybridized carbons (Fsp3) is 0.174. The van der Waals surface area contributed by atoms with Crippen molar-refractivity contribution in [2.45, 2.75) is 25.4 Å². The summed E-state index contributed by atoms with van der Waals surface area (Å²) in [6, 6.07) is 15.3. The third kappa shape index (κ3) is 3.90. The van der Waals surface area contributed by atoms with Crippen molar-refractivity contribution < 1.29 is 14.6 Å². The standard InChI is InChI=1S/C23H19N3O3S/c27-12-21-24-9-8-22(26-21)29-17-6-7-18-19(13-30-20(18)11-17)23(28)25-16-3-1-2-15(10-16)14-4-5-14/h1-3,6-11,13-14,27H,4-5,12H2,(H,25,28). The van der Waals surface area contributed by atoms with Crippen LogP contribution in [0.2, 0.25) is 0 Å². The zero-order valence-electron chi connectivity index (χ0n) is 16.0. The Morgan fingerprint density at radius 1 is 1.20 bits per heavy atom. The molecule has 0 saturated heterocycles. The Morgan fingerprint density at radius 2 is 2.10 bits per heavy atom. The number of hydrogen-bond donors (Lipinski definition) is 2. The topological polar surface area (TPSA) is 84.3 Å². The molecule has 4 aromatic rings. The van der Waals surface area contributed by atoms with E-state index >= 15 is 0 Å². The van der Waals surface area contributed by atoms with Gasteiger partial charge in [0, 0.05) is 33.4 Å². The first-order chi connectivity index (χ1) is 14.7. The molecular weight excluding hydrogens is 398 g/mol. The van der Waals surface area contributed by atoms with E-state index in [-0.39, 0.29) is 12.5 Å². The van der Waals surface area contributed by atoms with E-state index < -0.39 is 0 Å². The lowest BCUT2D eigenvalue weighted by molar-refractivity contribution is 0.102. The second-order valence-electron chi connectivity index (χ2n) is 7.23. The molecule has 0 aliphatic heterocycles. The molecule has 0 spiro atoms. The van der Waals surface area contributed by atoms with E-state index in [1.165, 1.54) is 35.9 Å². The smallest absolute Gasteiger partial charge is 0.257 e. The maximum Gasteiger partial charge on any atom is 0.257 e. The van der Waals surface area contributed by atoms with Crippen LogP contribution in [-0.2, 0) is 6.61 Å². The summed E-state index contributed by atoms with van der Waals surface area (Å²) >= 11 is 1.49. The molecule has 2 heterocycles. The summed E-state index contributed by atoms with van der Waals surface area (Å²) in [5.41, 5.74) is 2.76. The van der Waals surface area contributed by atoms with Crippen LogP contribution >= 0.6 is 11.3 Å². The molecule has 1 fully saturated rings. The van der Waals surface area contributed by atoms with Crippen molar-refractivity contribution in [1.29, 1.82) is 0 Å². The highest BCUT2D eigenvalue weighted by Gasteiger charge is 2.23. The van der Waals surface area contributed by atoms with Crippen molar-refractivity contribution >= 4 is 33.0 Å². The number of rotatable bonds is 6. The molecule has 2 N–H and O–H groups in total. The van der Waals surface area contributed by atoms with Crippen LogP contribution in [0.3, 0.4) is 0 Å². The Morgan fingerprint density at radius 3 is 2.93 bits per heavy atom. The van der Waals surface area contributed by atoms with Gasteiger partial charge < -0.3 is 15.2 Å². The van der Waals surface area contributed by atoms with Crippen LogP contribution in [0.4, 0.5) is 5.69 Å². The van der Waals surface area contributed by atoms with Crippen molar-refractivity contribution in [1.82, 2.24) is 9.97 Å². The van der Waals surface area contributed by atoms with Gasteiger partial charge in [-0.1, -0.05) is 12.1 Å². The van der Waals surface area contributed by atoms with E-state index in [1.807, 2.05) is 29.6 Å². The van der Waals surface area contributed by atoms with Gasteiger partial charge in [0.15, 0.2) is 5.82 Å². The number of aliphatic hydroxyl groups is 1. The van der Waals surface area contributed by atoms with Crippen molar-refractivity contribution in [3.8, 4) is 11.6 Å². The number of hydrogen-bond acceptors (Lipinski definition) is 6. The number of carbonyl (C=O) groups excluding carboxylic acids is 1. The molecule has 2 aromatic carbocycles. The fourth-order valence-corrected chi connectivity index (χ4v) is 4.34. The minimum atomic E-state index is -0.247. The Bertz CT molecular complexity index is 1230. The van der Waals surface area contributed by atoms with Gasteiger partial charge in [-0.05, 0) is 54.7 Å². The summed E-state index contributed by atoms with van der Waals surface area (Å²) in [6.07, 6.45) is 4.00. The lowest BCUT2D eigenvalue weighted by Gasteiger charge is -2.07. The molecule has 1 saturated carbocycles. The predicted octanol–water partition coefficient (Wildman–Crippen LogP) is 5.11. The average Bonchev–Trinajstić information content (AvgIpc) is 3.53. The lowest BCUT2D eigenvalue weighted by atomic mass is 10.1. The molecule has 0 unspecified atom stereocenters. The molecule has 0 bridgehead atoms. The summed E-state index contributed by atoms with van der Waals surface area (Å²) in [6.45, 7) is -0.247. The van der Waals surface area contributed by atoms with E-state index in [1.54, 1.807) is 12.1 Å². The van der Waals surface area contributed by atoms with Gasteiger partial charge in [-0.2, -0.15) is 4.98 Å². The number of nitrogens with zero attached hydrogens (tertiary/aromatic N) is 2. The van der Waals surface area contributed by atoms with Crippen LogP contribution in [0, 0.1) is 0 Å². The molecule has 0 radical (unpaired) electrons. The van der Waals surface area contributed by atoms with Crippen molar-refractivity contribution in [2.75, 3.05) is 5.32 Å². The van der Waals surface area contributed by atoms with Gasteiger partial charge in [0.2, 0.25) is 5.88 Å². The number of aromatic nitrogens is 2. The third-order valence-electron chi connectivity index (χ3n) is 5.03. The van der Waals surface area contributed by atoms with Crippen LogP contribution in [0.1, 0.15) is 40.5 Å². The summed E-state index contributed by atoms with van der Waals surface area (Å²) in [4.78, 5) is 20.9. The van der Waals surface area contributed by atoms with Gasteiger partial charge in [-0.3, -0.25) is 4.79 Å². The van der Waals surface area contributed by atoms with Crippen LogP contribution in [0.25, 0.3) is 10.1 Å². The zero-order chi connectivity index (χ0) is 20.5. The maximum atomic E-state index is 12.9. The number of anilines is 1. The molecule has 5 rings (SSSR count). The van der Waals surface area contributed by atoms with E-state index in [2.05, 4.69) is 27.4 Å². The number of fused-ring (bicyclic) bond motifs is 1. The zero-order valence-corrected chi connectivity index (χ0v) is 16.9.